The second-order valence-electron chi connectivity index (χ2n) is 5.11. The van der Waals surface area contributed by atoms with Crippen molar-refractivity contribution in [2.75, 3.05) is 6.54 Å². The van der Waals surface area contributed by atoms with Crippen LogP contribution < -0.4 is 4.72 Å². The van der Waals surface area contributed by atoms with Crippen LogP contribution in [0.5, 0.6) is 0 Å². The van der Waals surface area contributed by atoms with Gasteiger partial charge in [0.25, 0.3) is 0 Å². The zero-order chi connectivity index (χ0) is 16.9. The molecular weight excluding hydrogens is 442 g/mol. The number of nitrogens with one attached hydrogen (secondary N) is 1. The van der Waals surface area contributed by atoms with E-state index in [2.05, 4.69) is 36.6 Å². The fraction of sp³-hybridized carbons (Fsp3) is 0.176. The largest absolute Gasteiger partial charge is 0.240 e. The summed E-state index contributed by atoms with van der Waals surface area (Å²) in [5, 5.41) is 0. The van der Waals surface area contributed by atoms with Crippen LogP contribution in [-0.2, 0) is 10.0 Å². The molecule has 2 rings (SSSR count). The van der Waals surface area contributed by atoms with Crippen molar-refractivity contribution < 1.29 is 8.42 Å². The van der Waals surface area contributed by atoms with Crippen molar-refractivity contribution in [3.8, 4) is 0 Å². The number of rotatable bonds is 6. The van der Waals surface area contributed by atoms with Crippen molar-refractivity contribution in [3.63, 3.8) is 0 Å². The third-order valence-corrected chi connectivity index (χ3v) is 5.75. The van der Waals surface area contributed by atoms with Gasteiger partial charge in [0.1, 0.15) is 0 Å². The van der Waals surface area contributed by atoms with Gasteiger partial charge in [-0.3, -0.25) is 0 Å². The number of aryl methyl sites for hydroxylation is 1. The number of sulfonamides is 1. The highest BCUT2D eigenvalue weighted by Gasteiger charge is 2.12. The number of hydrogen-bond donors (Lipinski definition) is 1. The Morgan fingerprint density at radius 3 is 2.52 bits per heavy atom. The zero-order valence-electron chi connectivity index (χ0n) is 12.6. The van der Waals surface area contributed by atoms with Crippen LogP contribution in [0.2, 0.25) is 0 Å². The Morgan fingerprint density at radius 2 is 1.87 bits per heavy atom. The van der Waals surface area contributed by atoms with E-state index in [1.807, 2.05) is 37.3 Å². The van der Waals surface area contributed by atoms with Crippen molar-refractivity contribution in [1.29, 1.82) is 0 Å². The van der Waals surface area contributed by atoms with E-state index in [0.717, 1.165) is 20.1 Å². The second kappa shape index (κ2) is 8.24. The smallest absolute Gasteiger partial charge is 0.211 e. The molecule has 0 radical (unpaired) electrons. The molecule has 0 atom stereocenters. The summed E-state index contributed by atoms with van der Waals surface area (Å²) in [4.78, 5) is 0.287. The summed E-state index contributed by atoms with van der Waals surface area (Å²) < 4.78 is 28.9. The first kappa shape index (κ1) is 18.4. The van der Waals surface area contributed by atoms with Gasteiger partial charge in [0.05, 0.1) is 4.90 Å². The third kappa shape index (κ3) is 5.88. The van der Waals surface area contributed by atoms with Gasteiger partial charge in [-0.1, -0.05) is 61.7 Å². The van der Waals surface area contributed by atoms with E-state index < -0.39 is 10.0 Å². The Kier molecular flexibility index (Phi) is 6.59. The molecule has 0 bridgehead atoms. The van der Waals surface area contributed by atoms with E-state index in [9.17, 15) is 8.42 Å². The lowest BCUT2D eigenvalue weighted by molar-refractivity contribution is 0.582. The minimum Gasteiger partial charge on any atom is -0.211 e. The summed E-state index contributed by atoms with van der Waals surface area (Å²) in [7, 11) is -3.46. The molecule has 23 heavy (non-hydrogen) atoms. The molecule has 0 aromatic heterocycles. The fourth-order valence-corrected chi connectivity index (χ4v) is 3.87. The molecule has 0 aliphatic heterocycles. The van der Waals surface area contributed by atoms with Crippen LogP contribution in [0.1, 0.15) is 17.5 Å². The molecule has 2 aromatic carbocycles. The molecule has 0 aliphatic rings. The average Bonchev–Trinajstić information content (AvgIpc) is 2.47. The minimum atomic E-state index is -3.46. The van der Waals surface area contributed by atoms with Gasteiger partial charge in [-0.05, 0) is 53.7 Å². The van der Waals surface area contributed by atoms with Gasteiger partial charge in [0, 0.05) is 11.0 Å². The fourth-order valence-electron chi connectivity index (χ4n) is 1.95. The molecule has 0 saturated heterocycles. The predicted molar refractivity (Wildman–Crippen MR) is 102 cm³/mol. The molecule has 6 heteroatoms. The molecule has 122 valence electrons. The van der Waals surface area contributed by atoms with Crippen LogP contribution in [0.4, 0.5) is 0 Å². The summed E-state index contributed by atoms with van der Waals surface area (Å²) in [6.07, 6.45) is 2.56. The van der Waals surface area contributed by atoms with Crippen molar-refractivity contribution in [2.24, 2.45) is 0 Å². The van der Waals surface area contributed by atoms with Gasteiger partial charge in [-0.2, -0.15) is 0 Å². The molecule has 3 nitrogen and oxygen atoms in total. The van der Waals surface area contributed by atoms with Crippen LogP contribution in [-0.4, -0.2) is 15.0 Å². The highest BCUT2D eigenvalue weighted by Crippen LogP contribution is 2.19. The van der Waals surface area contributed by atoms with Crippen molar-refractivity contribution in [2.45, 2.75) is 18.2 Å². The van der Waals surface area contributed by atoms with E-state index in [1.165, 1.54) is 0 Å². The topological polar surface area (TPSA) is 46.2 Å². The third-order valence-electron chi connectivity index (χ3n) is 3.16. The highest BCUT2D eigenvalue weighted by atomic mass is 79.9. The molecule has 0 fully saturated rings. The average molecular weight is 459 g/mol. The van der Waals surface area contributed by atoms with E-state index >= 15 is 0 Å². The van der Waals surface area contributed by atoms with E-state index in [0.29, 0.717) is 13.0 Å². The van der Waals surface area contributed by atoms with Crippen molar-refractivity contribution >= 4 is 48.0 Å². The monoisotopic (exact) mass is 457 g/mol. The lowest BCUT2D eigenvalue weighted by Gasteiger charge is -2.07. The number of hydrogen-bond acceptors (Lipinski definition) is 2. The Labute approximate surface area is 154 Å². The first-order valence-electron chi connectivity index (χ1n) is 7.05. The molecule has 0 spiro atoms. The summed E-state index contributed by atoms with van der Waals surface area (Å²) in [5.74, 6) is 0. The SMILES string of the molecule is Cc1ccc(S(=O)(=O)NCC/C(Br)=C/c2cccc(Br)c2)cc1. The van der Waals surface area contributed by atoms with Gasteiger partial charge < -0.3 is 0 Å². The van der Waals surface area contributed by atoms with Crippen LogP contribution in [0.3, 0.4) is 0 Å². The lowest BCUT2D eigenvalue weighted by Crippen LogP contribution is -2.24. The molecule has 0 heterocycles. The quantitative estimate of drug-likeness (QED) is 0.671. The Morgan fingerprint density at radius 1 is 1.17 bits per heavy atom. The first-order valence-corrected chi connectivity index (χ1v) is 10.1. The maximum Gasteiger partial charge on any atom is 0.240 e. The highest BCUT2D eigenvalue weighted by molar-refractivity contribution is 9.11. The molecular formula is C17H17Br2NO2S. The molecule has 0 unspecified atom stereocenters. The molecule has 1 N–H and O–H groups in total. The predicted octanol–water partition coefficient (Wildman–Crippen LogP) is 4.86. The van der Waals surface area contributed by atoms with Gasteiger partial charge >= 0.3 is 0 Å². The molecule has 0 saturated carbocycles. The first-order chi connectivity index (χ1) is 10.9. The molecule has 2 aromatic rings. The van der Waals surface area contributed by atoms with Crippen LogP contribution in [0, 0.1) is 6.92 Å². The number of halogens is 2. The van der Waals surface area contributed by atoms with Crippen molar-refractivity contribution in [1.82, 2.24) is 4.72 Å². The maximum atomic E-state index is 12.2. The Balaban J connectivity index is 1.94. The summed E-state index contributed by atoms with van der Waals surface area (Å²) in [6.45, 7) is 2.26. The van der Waals surface area contributed by atoms with Crippen molar-refractivity contribution in [3.05, 3.63) is 68.6 Å². The summed E-state index contributed by atoms with van der Waals surface area (Å²) in [6, 6.07) is 14.7. The van der Waals surface area contributed by atoms with Gasteiger partial charge in [0.2, 0.25) is 10.0 Å². The van der Waals surface area contributed by atoms with Crippen LogP contribution >= 0.6 is 31.9 Å². The Hall–Kier alpha value is -0.950. The normalized spacial score (nSPS) is 12.4. The van der Waals surface area contributed by atoms with Gasteiger partial charge in [-0.15, -0.1) is 0 Å². The maximum absolute atomic E-state index is 12.2. The lowest BCUT2D eigenvalue weighted by atomic mass is 10.2. The van der Waals surface area contributed by atoms with Crippen LogP contribution in [0.15, 0.2) is 62.4 Å². The van der Waals surface area contributed by atoms with E-state index in [1.54, 1.807) is 24.3 Å². The van der Waals surface area contributed by atoms with E-state index in [4.69, 9.17) is 0 Å². The molecule has 0 aliphatic carbocycles. The van der Waals surface area contributed by atoms with E-state index in [-0.39, 0.29) is 4.90 Å². The molecule has 0 amide bonds. The van der Waals surface area contributed by atoms with Gasteiger partial charge in [-0.25, -0.2) is 13.1 Å². The summed E-state index contributed by atoms with van der Waals surface area (Å²) >= 11 is 6.91. The zero-order valence-corrected chi connectivity index (χ0v) is 16.6. The Bertz CT molecular complexity index is 800. The summed E-state index contributed by atoms with van der Waals surface area (Å²) in [5.41, 5.74) is 2.08. The second-order valence-corrected chi connectivity index (χ2v) is 8.81. The van der Waals surface area contributed by atoms with Crippen LogP contribution in [0.25, 0.3) is 6.08 Å². The van der Waals surface area contributed by atoms with Gasteiger partial charge in [0.15, 0.2) is 0 Å². The minimum absolute atomic E-state index is 0.287. The number of benzene rings is 2. The standard InChI is InChI=1S/C17H17Br2NO2S/c1-13-5-7-17(8-6-13)23(21,22)20-10-9-16(19)12-14-3-2-4-15(18)11-14/h2-8,11-12,20H,9-10H2,1H3/b16-12-.